The molecule has 0 spiro atoms. The number of aliphatic hydroxyl groups is 1. The van der Waals surface area contributed by atoms with Gasteiger partial charge in [-0.2, -0.15) is 0 Å². The van der Waals surface area contributed by atoms with Crippen LogP contribution in [0.5, 0.6) is 0 Å². The van der Waals surface area contributed by atoms with Crippen LogP contribution >= 0.6 is 15.9 Å². The third-order valence-electron chi connectivity index (χ3n) is 2.67. The molecule has 0 aliphatic carbocycles. The van der Waals surface area contributed by atoms with Gasteiger partial charge in [0.1, 0.15) is 5.82 Å². The molecule has 3 heteroatoms. The summed E-state index contributed by atoms with van der Waals surface area (Å²) in [5.41, 5.74) is 1.34. The van der Waals surface area contributed by atoms with E-state index in [9.17, 15) is 9.50 Å². The summed E-state index contributed by atoms with van der Waals surface area (Å²) in [4.78, 5) is 0. The number of hydrogen-bond donors (Lipinski definition) is 1. The summed E-state index contributed by atoms with van der Waals surface area (Å²) in [6.45, 7) is 8.03. The lowest BCUT2D eigenvalue weighted by molar-refractivity contribution is 0.168. The highest BCUT2D eigenvalue weighted by Crippen LogP contribution is 2.32. The third-order valence-corrected chi connectivity index (χ3v) is 3.25. The fraction of sp³-hybridized carbons (Fsp3) is 0.538. The average molecular weight is 289 g/mol. The molecule has 0 heterocycles. The van der Waals surface area contributed by atoms with Gasteiger partial charge >= 0.3 is 0 Å². The molecular formula is C13H18BrFO. The second kappa shape index (κ2) is 4.84. The normalized spacial score (nSPS) is 13.9. The van der Waals surface area contributed by atoms with Crippen LogP contribution in [0.2, 0.25) is 0 Å². The Balaban J connectivity index is 3.33. The van der Waals surface area contributed by atoms with Crippen molar-refractivity contribution in [3.05, 3.63) is 33.5 Å². The number of halogens is 2. The Morgan fingerprint density at radius 2 is 1.94 bits per heavy atom. The lowest BCUT2D eigenvalue weighted by Crippen LogP contribution is -2.13. The fourth-order valence-corrected chi connectivity index (χ4v) is 1.98. The molecule has 0 fully saturated rings. The highest BCUT2D eigenvalue weighted by Gasteiger charge is 2.20. The minimum absolute atomic E-state index is 0.0571. The van der Waals surface area contributed by atoms with Gasteiger partial charge in [0.05, 0.1) is 10.6 Å². The molecule has 1 N–H and O–H groups in total. The molecule has 1 nitrogen and oxygen atoms in total. The Bertz CT molecular complexity index is 382. The molecule has 0 saturated carbocycles. The molecule has 0 radical (unpaired) electrons. The van der Waals surface area contributed by atoms with Crippen LogP contribution in [-0.2, 0) is 5.41 Å². The maximum atomic E-state index is 13.8. The Morgan fingerprint density at radius 1 is 1.38 bits per heavy atom. The van der Waals surface area contributed by atoms with Gasteiger partial charge in [0.25, 0.3) is 0 Å². The van der Waals surface area contributed by atoms with E-state index in [0.29, 0.717) is 16.5 Å². The first kappa shape index (κ1) is 13.7. The molecule has 1 aromatic rings. The minimum Gasteiger partial charge on any atom is -0.388 e. The molecule has 0 aromatic heterocycles. The minimum atomic E-state index is -0.737. The van der Waals surface area contributed by atoms with E-state index in [1.807, 2.05) is 6.92 Å². The Morgan fingerprint density at radius 3 is 2.38 bits per heavy atom. The lowest BCUT2D eigenvalue weighted by Gasteiger charge is -2.22. The number of rotatable bonds is 2. The van der Waals surface area contributed by atoms with Crippen LogP contribution in [0.3, 0.4) is 0 Å². The predicted octanol–water partition coefficient (Wildman–Crippen LogP) is 4.33. The van der Waals surface area contributed by atoms with Crippen LogP contribution in [0.4, 0.5) is 4.39 Å². The van der Waals surface area contributed by atoms with E-state index < -0.39 is 6.10 Å². The van der Waals surface area contributed by atoms with Gasteiger partial charge in [-0.1, -0.05) is 27.7 Å². The van der Waals surface area contributed by atoms with Crippen molar-refractivity contribution in [3.8, 4) is 0 Å². The Labute approximate surface area is 105 Å². The summed E-state index contributed by atoms with van der Waals surface area (Å²) in [5.74, 6) is -0.359. The highest BCUT2D eigenvalue weighted by atomic mass is 79.9. The quantitative estimate of drug-likeness (QED) is 0.859. The number of benzene rings is 1. The summed E-state index contributed by atoms with van der Waals surface area (Å²) in [7, 11) is 0. The van der Waals surface area contributed by atoms with Crippen molar-refractivity contribution in [1.29, 1.82) is 0 Å². The first-order chi connectivity index (χ1) is 7.27. The summed E-state index contributed by atoms with van der Waals surface area (Å²) in [6, 6.07) is 3.54. The second-order valence-electron chi connectivity index (χ2n) is 5.04. The smallest absolute Gasteiger partial charge is 0.143 e. The third kappa shape index (κ3) is 2.83. The summed E-state index contributed by atoms with van der Waals surface area (Å²) >= 11 is 3.20. The molecule has 0 aliphatic rings. The van der Waals surface area contributed by atoms with Crippen molar-refractivity contribution in [2.45, 2.75) is 45.6 Å². The molecule has 1 unspecified atom stereocenters. The van der Waals surface area contributed by atoms with E-state index in [1.165, 1.54) is 0 Å². The van der Waals surface area contributed by atoms with Crippen molar-refractivity contribution in [3.63, 3.8) is 0 Å². The molecule has 1 aromatic carbocycles. The van der Waals surface area contributed by atoms with Crippen molar-refractivity contribution >= 4 is 15.9 Å². The van der Waals surface area contributed by atoms with Crippen molar-refractivity contribution in [2.75, 3.05) is 0 Å². The van der Waals surface area contributed by atoms with E-state index >= 15 is 0 Å². The van der Waals surface area contributed by atoms with Gasteiger partial charge in [-0.05, 0) is 45.5 Å². The molecule has 16 heavy (non-hydrogen) atoms. The van der Waals surface area contributed by atoms with Crippen LogP contribution in [0.15, 0.2) is 16.6 Å². The van der Waals surface area contributed by atoms with E-state index in [1.54, 1.807) is 12.1 Å². The zero-order chi connectivity index (χ0) is 12.5. The maximum Gasteiger partial charge on any atom is 0.143 e. The van der Waals surface area contributed by atoms with Gasteiger partial charge in [0.15, 0.2) is 0 Å². The summed E-state index contributed by atoms with van der Waals surface area (Å²) in [5, 5.41) is 9.76. The average Bonchev–Trinajstić information content (AvgIpc) is 2.19. The van der Waals surface area contributed by atoms with Crippen molar-refractivity contribution in [2.24, 2.45) is 0 Å². The Hall–Kier alpha value is -0.410. The fourth-order valence-electron chi connectivity index (χ4n) is 1.51. The van der Waals surface area contributed by atoms with Crippen LogP contribution in [-0.4, -0.2) is 5.11 Å². The number of aliphatic hydroxyl groups excluding tert-OH is 1. The van der Waals surface area contributed by atoms with Crippen molar-refractivity contribution < 1.29 is 9.50 Å². The van der Waals surface area contributed by atoms with Gasteiger partial charge in [0, 0.05) is 5.56 Å². The molecule has 0 amide bonds. The molecule has 1 rings (SSSR count). The zero-order valence-corrected chi connectivity index (χ0v) is 11.7. The molecular weight excluding hydrogens is 271 g/mol. The molecule has 0 bridgehead atoms. The standard InChI is InChI=1S/C13H18BrFO/c1-5-11(16)9-6-8(13(2,3)4)7-10(14)12(9)15/h6-7,11,16H,5H2,1-4H3. The zero-order valence-electron chi connectivity index (χ0n) is 10.1. The van der Waals surface area contributed by atoms with Gasteiger partial charge in [0.2, 0.25) is 0 Å². The van der Waals surface area contributed by atoms with Crippen LogP contribution in [0.25, 0.3) is 0 Å². The van der Waals surface area contributed by atoms with Crippen LogP contribution < -0.4 is 0 Å². The van der Waals surface area contributed by atoms with Gasteiger partial charge in [-0.25, -0.2) is 4.39 Å². The summed E-state index contributed by atoms with van der Waals surface area (Å²) in [6.07, 6.45) is -0.227. The van der Waals surface area contributed by atoms with Crippen molar-refractivity contribution in [1.82, 2.24) is 0 Å². The molecule has 1 atom stereocenters. The van der Waals surface area contributed by atoms with E-state index in [-0.39, 0.29) is 11.2 Å². The number of hydrogen-bond acceptors (Lipinski definition) is 1. The lowest BCUT2D eigenvalue weighted by atomic mass is 9.85. The van der Waals surface area contributed by atoms with Crippen LogP contribution in [0, 0.1) is 5.82 Å². The van der Waals surface area contributed by atoms with Gasteiger partial charge in [-0.15, -0.1) is 0 Å². The largest absolute Gasteiger partial charge is 0.388 e. The first-order valence-corrected chi connectivity index (χ1v) is 6.24. The van der Waals surface area contributed by atoms with Gasteiger partial charge in [-0.3, -0.25) is 0 Å². The second-order valence-corrected chi connectivity index (χ2v) is 5.89. The topological polar surface area (TPSA) is 20.2 Å². The first-order valence-electron chi connectivity index (χ1n) is 5.44. The van der Waals surface area contributed by atoms with E-state index in [2.05, 4.69) is 36.7 Å². The molecule has 0 saturated heterocycles. The highest BCUT2D eigenvalue weighted by molar-refractivity contribution is 9.10. The SMILES string of the molecule is CCC(O)c1cc(C(C)(C)C)cc(Br)c1F. The van der Waals surface area contributed by atoms with E-state index in [0.717, 1.165) is 5.56 Å². The van der Waals surface area contributed by atoms with Crippen LogP contribution in [0.1, 0.15) is 51.3 Å². The molecule has 90 valence electrons. The van der Waals surface area contributed by atoms with E-state index in [4.69, 9.17) is 0 Å². The maximum absolute atomic E-state index is 13.8. The summed E-state index contributed by atoms with van der Waals surface area (Å²) < 4.78 is 14.2. The predicted molar refractivity (Wildman–Crippen MR) is 68.1 cm³/mol. The monoisotopic (exact) mass is 288 g/mol. The molecule has 0 aliphatic heterocycles. The van der Waals surface area contributed by atoms with Gasteiger partial charge < -0.3 is 5.11 Å². The Kier molecular flexibility index (Phi) is 4.13.